The maximum absolute atomic E-state index is 5.73. The summed E-state index contributed by atoms with van der Waals surface area (Å²) >= 11 is 0. The highest BCUT2D eigenvalue weighted by atomic mass is 16.5. The predicted molar refractivity (Wildman–Crippen MR) is 80.7 cm³/mol. The van der Waals surface area contributed by atoms with Crippen LogP contribution in [0.25, 0.3) is 0 Å². The van der Waals surface area contributed by atoms with Crippen LogP contribution in [0.3, 0.4) is 0 Å². The average Bonchev–Trinajstić information content (AvgIpc) is 2.42. The van der Waals surface area contributed by atoms with E-state index >= 15 is 0 Å². The molecule has 0 aliphatic heterocycles. The summed E-state index contributed by atoms with van der Waals surface area (Å²) in [7, 11) is 1.54. The highest BCUT2D eigenvalue weighted by molar-refractivity contribution is 5.61. The Kier molecular flexibility index (Phi) is 4.30. The van der Waals surface area contributed by atoms with Gasteiger partial charge in [-0.1, -0.05) is 0 Å². The van der Waals surface area contributed by atoms with Gasteiger partial charge in [-0.3, -0.25) is 0 Å². The van der Waals surface area contributed by atoms with E-state index in [1.807, 2.05) is 38.1 Å². The molecule has 2 aromatic rings. The molecule has 0 radical (unpaired) electrons. The van der Waals surface area contributed by atoms with Crippen molar-refractivity contribution in [3.05, 3.63) is 36.4 Å². The van der Waals surface area contributed by atoms with Crippen molar-refractivity contribution in [3.63, 3.8) is 0 Å². The van der Waals surface area contributed by atoms with Crippen molar-refractivity contribution in [1.29, 1.82) is 0 Å². The van der Waals surface area contributed by atoms with Gasteiger partial charge in [-0.25, -0.2) is 0 Å². The number of rotatable bonds is 5. The average molecular weight is 273 g/mol. The maximum atomic E-state index is 5.73. The largest absolute Gasteiger partial charge is 0.491 e. The van der Waals surface area contributed by atoms with Gasteiger partial charge in [-0.15, -0.1) is 0 Å². The molecule has 20 heavy (non-hydrogen) atoms. The molecule has 0 spiro atoms. The third-order valence-electron chi connectivity index (χ3n) is 2.58. The Morgan fingerprint density at radius 3 is 2.40 bits per heavy atom. The molecule has 5 heteroatoms. The summed E-state index contributed by atoms with van der Waals surface area (Å²) in [6, 6.07) is 11.2. The second-order valence-corrected chi connectivity index (χ2v) is 4.61. The van der Waals surface area contributed by atoms with E-state index in [0.29, 0.717) is 17.4 Å². The molecule has 3 N–H and O–H groups in total. The van der Waals surface area contributed by atoms with Crippen LogP contribution in [-0.2, 0) is 0 Å². The lowest BCUT2D eigenvalue weighted by Crippen LogP contribution is -2.05. The second-order valence-electron chi connectivity index (χ2n) is 4.61. The van der Waals surface area contributed by atoms with Gasteiger partial charge in [0.2, 0.25) is 5.88 Å². The second kappa shape index (κ2) is 6.14. The molecular weight excluding hydrogens is 254 g/mol. The first-order valence-electron chi connectivity index (χ1n) is 6.42. The molecule has 1 aromatic heterocycles. The number of nitrogens with two attached hydrogens (primary N) is 1. The van der Waals surface area contributed by atoms with Gasteiger partial charge >= 0.3 is 0 Å². The summed E-state index contributed by atoms with van der Waals surface area (Å²) in [6.07, 6.45) is 0.164. The Labute approximate surface area is 118 Å². The molecule has 0 amide bonds. The van der Waals surface area contributed by atoms with Gasteiger partial charge in [0.05, 0.1) is 18.9 Å². The van der Waals surface area contributed by atoms with E-state index in [1.54, 1.807) is 19.2 Å². The van der Waals surface area contributed by atoms with E-state index in [1.165, 1.54) is 0 Å². The summed E-state index contributed by atoms with van der Waals surface area (Å²) in [6.45, 7) is 3.99. The maximum Gasteiger partial charge on any atom is 0.238 e. The summed E-state index contributed by atoms with van der Waals surface area (Å²) in [5, 5.41) is 3.18. The zero-order chi connectivity index (χ0) is 14.5. The lowest BCUT2D eigenvalue weighted by atomic mass is 10.3. The monoisotopic (exact) mass is 273 g/mol. The first-order valence-corrected chi connectivity index (χ1v) is 6.42. The molecule has 0 unspecified atom stereocenters. The van der Waals surface area contributed by atoms with Crippen molar-refractivity contribution in [2.24, 2.45) is 0 Å². The normalized spacial score (nSPS) is 10.4. The number of benzene rings is 1. The van der Waals surface area contributed by atoms with Crippen LogP contribution in [0.2, 0.25) is 0 Å². The topological polar surface area (TPSA) is 69.4 Å². The number of nitrogens with one attached hydrogen (secondary N) is 1. The van der Waals surface area contributed by atoms with Crippen LogP contribution in [0.4, 0.5) is 17.2 Å². The molecule has 0 fully saturated rings. The molecular formula is C15H19N3O2. The number of hydrogen-bond acceptors (Lipinski definition) is 5. The van der Waals surface area contributed by atoms with E-state index in [-0.39, 0.29) is 6.10 Å². The smallest absolute Gasteiger partial charge is 0.238 e. The number of methoxy groups -OCH3 is 1. The van der Waals surface area contributed by atoms with Gasteiger partial charge in [0.15, 0.2) is 0 Å². The van der Waals surface area contributed by atoms with Crippen molar-refractivity contribution in [2.75, 3.05) is 18.2 Å². The number of anilines is 3. The summed E-state index contributed by atoms with van der Waals surface area (Å²) in [5.74, 6) is 1.93. The zero-order valence-corrected chi connectivity index (χ0v) is 11.9. The molecule has 2 rings (SSSR count). The SMILES string of the molecule is COc1nc(Nc2ccc(OC(C)C)cc2)ccc1N. The molecule has 0 saturated heterocycles. The third-order valence-corrected chi connectivity index (χ3v) is 2.58. The van der Waals surface area contributed by atoms with Crippen LogP contribution in [0.1, 0.15) is 13.8 Å². The van der Waals surface area contributed by atoms with Gasteiger partial charge in [-0.2, -0.15) is 4.98 Å². The van der Waals surface area contributed by atoms with Crippen LogP contribution in [-0.4, -0.2) is 18.2 Å². The lowest BCUT2D eigenvalue weighted by Gasteiger charge is -2.11. The lowest BCUT2D eigenvalue weighted by molar-refractivity contribution is 0.242. The van der Waals surface area contributed by atoms with E-state index in [9.17, 15) is 0 Å². The highest BCUT2D eigenvalue weighted by Gasteiger charge is 2.04. The van der Waals surface area contributed by atoms with E-state index < -0.39 is 0 Å². The fraction of sp³-hybridized carbons (Fsp3) is 0.267. The Bertz CT molecular complexity index is 568. The molecule has 0 aliphatic carbocycles. The number of nitrogens with zero attached hydrogens (tertiary/aromatic N) is 1. The standard InChI is InChI=1S/C15H19N3O2/c1-10(2)20-12-6-4-11(5-7-12)17-14-9-8-13(16)15(18-14)19-3/h4-10H,16H2,1-3H3,(H,17,18). The van der Waals surface area contributed by atoms with E-state index in [4.69, 9.17) is 15.2 Å². The van der Waals surface area contributed by atoms with Crippen LogP contribution < -0.4 is 20.5 Å². The quantitative estimate of drug-likeness (QED) is 0.875. The van der Waals surface area contributed by atoms with Crippen LogP contribution >= 0.6 is 0 Å². The minimum absolute atomic E-state index is 0.164. The summed E-state index contributed by atoms with van der Waals surface area (Å²) in [5.41, 5.74) is 7.16. The van der Waals surface area contributed by atoms with Crippen molar-refractivity contribution < 1.29 is 9.47 Å². The Morgan fingerprint density at radius 2 is 1.80 bits per heavy atom. The molecule has 1 heterocycles. The van der Waals surface area contributed by atoms with Crippen molar-refractivity contribution >= 4 is 17.2 Å². The van der Waals surface area contributed by atoms with Gasteiger partial charge in [-0.05, 0) is 50.2 Å². The van der Waals surface area contributed by atoms with E-state index in [2.05, 4.69) is 10.3 Å². The van der Waals surface area contributed by atoms with Crippen molar-refractivity contribution in [1.82, 2.24) is 4.98 Å². The number of hydrogen-bond donors (Lipinski definition) is 2. The Hall–Kier alpha value is -2.43. The molecule has 0 atom stereocenters. The van der Waals surface area contributed by atoms with Crippen LogP contribution in [0, 0.1) is 0 Å². The van der Waals surface area contributed by atoms with E-state index in [0.717, 1.165) is 11.4 Å². The van der Waals surface area contributed by atoms with Gasteiger partial charge in [0, 0.05) is 5.69 Å². The fourth-order valence-corrected chi connectivity index (χ4v) is 1.72. The Balaban J connectivity index is 2.10. The Morgan fingerprint density at radius 1 is 1.10 bits per heavy atom. The van der Waals surface area contributed by atoms with Crippen LogP contribution in [0.15, 0.2) is 36.4 Å². The molecule has 1 aromatic carbocycles. The minimum atomic E-state index is 0.164. The molecule has 0 bridgehead atoms. The number of aromatic nitrogens is 1. The molecule has 0 saturated carbocycles. The summed E-state index contributed by atoms with van der Waals surface area (Å²) in [4.78, 5) is 4.27. The highest BCUT2D eigenvalue weighted by Crippen LogP contribution is 2.24. The third kappa shape index (κ3) is 3.54. The van der Waals surface area contributed by atoms with Crippen molar-refractivity contribution in [2.45, 2.75) is 20.0 Å². The summed E-state index contributed by atoms with van der Waals surface area (Å²) < 4.78 is 10.7. The molecule has 0 aliphatic rings. The molecule has 5 nitrogen and oxygen atoms in total. The van der Waals surface area contributed by atoms with Gasteiger partial charge < -0.3 is 20.5 Å². The fourth-order valence-electron chi connectivity index (χ4n) is 1.72. The van der Waals surface area contributed by atoms with Crippen LogP contribution in [0.5, 0.6) is 11.6 Å². The van der Waals surface area contributed by atoms with Gasteiger partial charge in [0.25, 0.3) is 0 Å². The first-order chi connectivity index (χ1) is 9.58. The minimum Gasteiger partial charge on any atom is -0.491 e. The number of pyridine rings is 1. The molecule has 106 valence electrons. The van der Waals surface area contributed by atoms with Crippen molar-refractivity contribution in [3.8, 4) is 11.6 Å². The number of ether oxygens (including phenoxy) is 2. The van der Waals surface area contributed by atoms with Gasteiger partial charge in [0.1, 0.15) is 11.6 Å². The number of nitrogen functional groups attached to an aromatic ring is 1. The first kappa shape index (κ1) is 14.0. The zero-order valence-electron chi connectivity index (χ0n) is 11.9. The predicted octanol–water partition coefficient (Wildman–Crippen LogP) is 3.20.